The summed E-state index contributed by atoms with van der Waals surface area (Å²) in [4.78, 5) is 17.1. The number of aromatic nitrogens is 2. The second kappa shape index (κ2) is 7.90. The quantitative estimate of drug-likeness (QED) is 0.721. The molecule has 0 aliphatic carbocycles. The minimum absolute atomic E-state index is 0.0843. The fourth-order valence-electron chi connectivity index (χ4n) is 3.02. The van der Waals surface area contributed by atoms with Gasteiger partial charge in [-0.1, -0.05) is 28.9 Å². The number of nitrogens with one attached hydrogen (secondary N) is 1. The van der Waals surface area contributed by atoms with Crippen LogP contribution in [0.2, 0.25) is 5.02 Å². The molecule has 1 atom stereocenters. The molecule has 2 aromatic carbocycles. The van der Waals surface area contributed by atoms with Crippen molar-refractivity contribution < 1.29 is 14.1 Å². The summed E-state index contributed by atoms with van der Waals surface area (Å²) in [5.41, 5.74) is 1.87. The highest BCUT2D eigenvalue weighted by atomic mass is 35.5. The van der Waals surface area contributed by atoms with Gasteiger partial charge in [-0.15, -0.1) is 0 Å². The third-order valence-corrected chi connectivity index (χ3v) is 4.70. The van der Waals surface area contributed by atoms with Crippen LogP contribution in [-0.4, -0.2) is 35.3 Å². The monoisotopic (exact) mass is 383 g/mol. The molecule has 0 radical (unpaired) electrons. The van der Waals surface area contributed by atoms with Crippen LogP contribution in [0.1, 0.15) is 23.2 Å². The van der Waals surface area contributed by atoms with E-state index in [1.807, 2.05) is 18.2 Å². The van der Waals surface area contributed by atoms with Crippen molar-refractivity contribution in [3.8, 4) is 22.8 Å². The third-order valence-electron chi connectivity index (χ3n) is 4.44. The first-order valence-corrected chi connectivity index (χ1v) is 9.17. The highest BCUT2D eigenvalue weighted by Crippen LogP contribution is 2.26. The minimum Gasteiger partial charge on any atom is -0.376 e. The maximum absolute atomic E-state index is 12.6. The van der Waals surface area contributed by atoms with E-state index in [-0.39, 0.29) is 12.0 Å². The van der Waals surface area contributed by atoms with E-state index in [4.69, 9.17) is 20.9 Å². The largest absolute Gasteiger partial charge is 0.376 e. The van der Waals surface area contributed by atoms with Crippen LogP contribution in [0, 0.1) is 0 Å². The maximum atomic E-state index is 12.6. The summed E-state index contributed by atoms with van der Waals surface area (Å²) in [5.74, 6) is 0.548. The van der Waals surface area contributed by atoms with E-state index in [9.17, 15) is 4.79 Å². The molecule has 2 heterocycles. The molecule has 27 heavy (non-hydrogen) atoms. The Balaban J connectivity index is 1.55. The summed E-state index contributed by atoms with van der Waals surface area (Å²) in [7, 11) is 0. The van der Waals surface area contributed by atoms with Crippen molar-refractivity contribution in [3.05, 3.63) is 59.1 Å². The maximum Gasteiger partial charge on any atom is 0.259 e. The van der Waals surface area contributed by atoms with Crippen LogP contribution in [0.4, 0.5) is 0 Å². The molecule has 0 spiro atoms. The lowest BCUT2D eigenvalue weighted by Gasteiger charge is -2.11. The summed E-state index contributed by atoms with van der Waals surface area (Å²) in [5, 5.41) is 7.58. The van der Waals surface area contributed by atoms with Gasteiger partial charge in [-0.3, -0.25) is 4.79 Å². The fourth-order valence-corrected chi connectivity index (χ4v) is 3.15. The summed E-state index contributed by atoms with van der Waals surface area (Å²) in [6, 6.07) is 14.3. The van der Waals surface area contributed by atoms with Crippen molar-refractivity contribution in [2.75, 3.05) is 13.2 Å². The lowest BCUT2D eigenvalue weighted by atomic mass is 10.1. The molecule has 4 rings (SSSR count). The number of rotatable bonds is 5. The van der Waals surface area contributed by atoms with Gasteiger partial charge in [0, 0.05) is 23.7 Å². The molecule has 6 nitrogen and oxygen atoms in total. The first kappa shape index (κ1) is 17.7. The topological polar surface area (TPSA) is 77.2 Å². The number of nitrogens with zero attached hydrogens (tertiary/aromatic N) is 2. The van der Waals surface area contributed by atoms with Crippen molar-refractivity contribution in [3.63, 3.8) is 0 Å². The van der Waals surface area contributed by atoms with E-state index < -0.39 is 0 Å². The number of carbonyl (C=O) groups is 1. The van der Waals surface area contributed by atoms with Crippen LogP contribution >= 0.6 is 11.6 Å². The van der Waals surface area contributed by atoms with Gasteiger partial charge in [0.25, 0.3) is 11.8 Å². The second-order valence-electron chi connectivity index (χ2n) is 6.32. The van der Waals surface area contributed by atoms with Crippen molar-refractivity contribution in [2.45, 2.75) is 18.9 Å². The second-order valence-corrected chi connectivity index (χ2v) is 6.76. The Morgan fingerprint density at radius 1 is 1.19 bits per heavy atom. The lowest BCUT2D eigenvalue weighted by molar-refractivity contribution is 0.0858. The molecular weight excluding hydrogens is 366 g/mol. The van der Waals surface area contributed by atoms with Gasteiger partial charge in [-0.05, 0) is 49.2 Å². The summed E-state index contributed by atoms with van der Waals surface area (Å²) in [6.45, 7) is 1.25. The predicted molar refractivity (Wildman–Crippen MR) is 101 cm³/mol. The number of hydrogen-bond acceptors (Lipinski definition) is 5. The molecule has 1 fully saturated rings. The molecule has 1 saturated heterocycles. The lowest BCUT2D eigenvalue weighted by Crippen LogP contribution is -2.32. The average molecular weight is 384 g/mol. The van der Waals surface area contributed by atoms with E-state index >= 15 is 0 Å². The van der Waals surface area contributed by atoms with Gasteiger partial charge in [-0.2, -0.15) is 4.98 Å². The zero-order valence-electron chi connectivity index (χ0n) is 14.5. The van der Waals surface area contributed by atoms with Crippen molar-refractivity contribution in [1.82, 2.24) is 15.5 Å². The zero-order chi connectivity index (χ0) is 18.6. The van der Waals surface area contributed by atoms with Crippen LogP contribution in [0.25, 0.3) is 22.8 Å². The van der Waals surface area contributed by atoms with E-state index in [2.05, 4.69) is 15.5 Å². The van der Waals surface area contributed by atoms with Gasteiger partial charge in [-0.25, -0.2) is 0 Å². The molecule has 0 saturated carbocycles. The van der Waals surface area contributed by atoms with Gasteiger partial charge in [0.15, 0.2) is 0 Å². The van der Waals surface area contributed by atoms with Crippen LogP contribution < -0.4 is 5.32 Å². The van der Waals surface area contributed by atoms with Crippen molar-refractivity contribution in [1.29, 1.82) is 0 Å². The van der Waals surface area contributed by atoms with E-state index in [1.165, 1.54) is 0 Å². The van der Waals surface area contributed by atoms with E-state index in [0.29, 0.717) is 34.4 Å². The Morgan fingerprint density at radius 2 is 2.00 bits per heavy atom. The van der Waals surface area contributed by atoms with Crippen LogP contribution in [0.3, 0.4) is 0 Å². The number of amides is 1. The van der Waals surface area contributed by atoms with E-state index in [0.717, 1.165) is 25.0 Å². The number of benzene rings is 2. The predicted octanol–water partition coefficient (Wildman–Crippen LogP) is 3.97. The summed E-state index contributed by atoms with van der Waals surface area (Å²) >= 11 is 5.91. The van der Waals surface area contributed by atoms with Gasteiger partial charge in [0.05, 0.1) is 17.2 Å². The highest BCUT2D eigenvalue weighted by molar-refractivity contribution is 6.30. The van der Waals surface area contributed by atoms with Gasteiger partial charge < -0.3 is 14.6 Å². The molecule has 1 N–H and O–H groups in total. The Kier molecular flexibility index (Phi) is 5.18. The summed E-state index contributed by atoms with van der Waals surface area (Å²) < 4.78 is 11.0. The molecule has 7 heteroatoms. The molecule has 3 aromatic rings. The zero-order valence-corrected chi connectivity index (χ0v) is 15.3. The summed E-state index contributed by atoms with van der Waals surface area (Å²) in [6.07, 6.45) is 2.09. The molecule has 0 unspecified atom stereocenters. The van der Waals surface area contributed by atoms with Crippen LogP contribution in [-0.2, 0) is 4.74 Å². The molecule has 0 bridgehead atoms. The van der Waals surface area contributed by atoms with Gasteiger partial charge in [0.2, 0.25) is 5.82 Å². The standard InChI is InChI=1S/C20H18ClN3O3/c21-14-9-7-13(8-10-14)18-23-20(27-24-18)17-6-2-1-5-16(17)19(25)22-12-15-4-3-11-26-15/h1-2,5-10,15H,3-4,11-12H2,(H,22,25)/t15-/m1/s1. The first-order chi connectivity index (χ1) is 13.2. The number of ether oxygens (including phenoxy) is 1. The third kappa shape index (κ3) is 4.02. The molecule has 138 valence electrons. The number of halogens is 1. The van der Waals surface area contributed by atoms with Crippen molar-refractivity contribution in [2.24, 2.45) is 0 Å². The Bertz CT molecular complexity index is 934. The highest BCUT2D eigenvalue weighted by Gasteiger charge is 2.20. The fraction of sp³-hybridized carbons (Fsp3) is 0.250. The van der Waals surface area contributed by atoms with Gasteiger partial charge in [0.1, 0.15) is 0 Å². The van der Waals surface area contributed by atoms with Crippen LogP contribution in [0.5, 0.6) is 0 Å². The van der Waals surface area contributed by atoms with Gasteiger partial charge >= 0.3 is 0 Å². The number of carbonyl (C=O) groups excluding carboxylic acids is 1. The Hall–Kier alpha value is -2.70. The van der Waals surface area contributed by atoms with Crippen LogP contribution in [0.15, 0.2) is 53.1 Å². The first-order valence-electron chi connectivity index (χ1n) is 8.79. The Morgan fingerprint density at radius 3 is 2.78 bits per heavy atom. The van der Waals surface area contributed by atoms with E-state index in [1.54, 1.807) is 30.3 Å². The smallest absolute Gasteiger partial charge is 0.259 e. The minimum atomic E-state index is -0.188. The molecular formula is C20H18ClN3O3. The molecule has 1 aliphatic heterocycles. The average Bonchev–Trinajstić information content (AvgIpc) is 3.39. The van der Waals surface area contributed by atoms with Crippen molar-refractivity contribution >= 4 is 17.5 Å². The molecule has 1 aliphatic rings. The molecule has 1 aromatic heterocycles. The SMILES string of the molecule is O=C(NC[C@H]1CCCO1)c1ccccc1-c1nc(-c2ccc(Cl)cc2)no1. The number of hydrogen-bond donors (Lipinski definition) is 1. The normalized spacial score (nSPS) is 16.4. The Labute approximate surface area is 161 Å². The molecule has 1 amide bonds.